The van der Waals surface area contributed by atoms with Crippen molar-refractivity contribution in [2.75, 3.05) is 10.2 Å². The van der Waals surface area contributed by atoms with Gasteiger partial charge in [-0.15, -0.1) is 0 Å². The zero-order valence-electron chi connectivity index (χ0n) is 11.0. The van der Waals surface area contributed by atoms with E-state index in [1.165, 1.54) is 5.56 Å². The fourth-order valence-electron chi connectivity index (χ4n) is 2.00. The summed E-state index contributed by atoms with van der Waals surface area (Å²) in [5, 5.41) is 3.84. The molecule has 0 saturated carbocycles. The molecule has 0 amide bonds. The van der Waals surface area contributed by atoms with Crippen molar-refractivity contribution in [2.24, 2.45) is 0 Å². The molecule has 100 valence electrons. The summed E-state index contributed by atoms with van der Waals surface area (Å²) in [5.74, 6) is 0.794. The lowest BCUT2D eigenvalue weighted by Crippen LogP contribution is -2.31. The first-order chi connectivity index (χ1) is 9.74. The summed E-state index contributed by atoms with van der Waals surface area (Å²) in [6.07, 6.45) is 3.44. The van der Waals surface area contributed by atoms with Crippen molar-refractivity contribution in [3.8, 4) is 5.75 Å². The molecule has 4 heteroatoms. The molecule has 2 aromatic carbocycles. The quantitative estimate of drug-likeness (QED) is 0.797. The summed E-state index contributed by atoms with van der Waals surface area (Å²) in [5.41, 5.74) is 3.12. The molecule has 0 bridgehead atoms. The molecule has 0 unspecified atom stereocenters. The number of thiocarbonyl (C=S) groups is 1. The maximum absolute atomic E-state index is 5.47. The van der Waals surface area contributed by atoms with E-state index in [0.29, 0.717) is 5.11 Å². The Balaban J connectivity index is 1.82. The minimum Gasteiger partial charge on any atom is -0.461 e. The summed E-state index contributed by atoms with van der Waals surface area (Å²) >= 11 is 5.47. The van der Waals surface area contributed by atoms with Gasteiger partial charge in [-0.3, -0.25) is 4.90 Å². The first-order valence-corrected chi connectivity index (χ1v) is 6.74. The van der Waals surface area contributed by atoms with E-state index in [1.807, 2.05) is 59.6 Å². The highest BCUT2D eigenvalue weighted by molar-refractivity contribution is 7.80. The van der Waals surface area contributed by atoms with Gasteiger partial charge in [0.1, 0.15) is 6.26 Å². The highest BCUT2D eigenvalue weighted by atomic mass is 32.1. The van der Waals surface area contributed by atoms with Crippen LogP contribution in [0.15, 0.2) is 61.0 Å². The standard InChI is InChI=1S/C16H14N2OS/c1-12-6-8-13(9-7-12)17-16(20)18-10-11-19-15-5-3-2-4-14(15)18/h2-11H,1H3,(H,17,20). The van der Waals surface area contributed by atoms with E-state index < -0.39 is 0 Å². The number of hydrogen-bond donors (Lipinski definition) is 1. The Labute approximate surface area is 123 Å². The predicted octanol–water partition coefficient (Wildman–Crippen LogP) is 4.06. The van der Waals surface area contributed by atoms with Crippen LogP contribution in [0.1, 0.15) is 5.56 Å². The van der Waals surface area contributed by atoms with Gasteiger partial charge in [-0.05, 0) is 43.4 Å². The Morgan fingerprint density at radius 1 is 1.10 bits per heavy atom. The minimum atomic E-state index is 0.612. The summed E-state index contributed by atoms with van der Waals surface area (Å²) in [4.78, 5) is 1.90. The van der Waals surface area contributed by atoms with Crippen LogP contribution in [0.4, 0.5) is 11.4 Å². The van der Waals surface area contributed by atoms with Crippen molar-refractivity contribution in [3.05, 3.63) is 66.6 Å². The molecule has 0 saturated heterocycles. The van der Waals surface area contributed by atoms with Crippen LogP contribution in [0.2, 0.25) is 0 Å². The van der Waals surface area contributed by atoms with E-state index in [1.54, 1.807) is 6.26 Å². The van der Waals surface area contributed by atoms with E-state index in [9.17, 15) is 0 Å². The Kier molecular flexibility index (Phi) is 3.39. The van der Waals surface area contributed by atoms with Crippen molar-refractivity contribution >= 4 is 28.7 Å². The number of anilines is 2. The first kappa shape index (κ1) is 12.7. The second kappa shape index (κ2) is 5.35. The molecule has 0 radical (unpaired) electrons. The molecule has 1 aliphatic rings. The molecule has 1 N–H and O–H groups in total. The second-order valence-electron chi connectivity index (χ2n) is 4.54. The van der Waals surface area contributed by atoms with Gasteiger partial charge in [0.2, 0.25) is 0 Å². The number of ether oxygens (including phenoxy) is 1. The molecular formula is C16H14N2OS. The highest BCUT2D eigenvalue weighted by Crippen LogP contribution is 2.31. The maximum Gasteiger partial charge on any atom is 0.182 e. The summed E-state index contributed by atoms with van der Waals surface area (Å²) < 4.78 is 5.46. The molecule has 2 aromatic rings. The number of nitrogens with one attached hydrogen (secondary N) is 1. The van der Waals surface area contributed by atoms with Gasteiger partial charge >= 0.3 is 0 Å². The molecule has 1 aliphatic heterocycles. The summed E-state index contributed by atoms with van der Waals surface area (Å²) in [6.45, 7) is 2.06. The Morgan fingerprint density at radius 2 is 1.85 bits per heavy atom. The number of para-hydroxylation sites is 2. The molecule has 0 aromatic heterocycles. The van der Waals surface area contributed by atoms with E-state index in [0.717, 1.165) is 17.1 Å². The van der Waals surface area contributed by atoms with Gasteiger partial charge in [-0.2, -0.15) is 0 Å². The third-order valence-corrected chi connectivity index (χ3v) is 3.35. The number of nitrogens with zero attached hydrogens (tertiary/aromatic N) is 1. The van der Waals surface area contributed by atoms with E-state index in [4.69, 9.17) is 17.0 Å². The maximum atomic E-state index is 5.47. The van der Waals surface area contributed by atoms with Crippen LogP contribution in [-0.2, 0) is 0 Å². The molecule has 0 atom stereocenters. The monoisotopic (exact) mass is 282 g/mol. The fourth-order valence-corrected chi connectivity index (χ4v) is 2.28. The van der Waals surface area contributed by atoms with Gasteiger partial charge in [0.15, 0.2) is 10.9 Å². The average Bonchev–Trinajstić information content (AvgIpc) is 2.49. The van der Waals surface area contributed by atoms with Crippen LogP contribution in [-0.4, -0.2) is 5.11 Å². The predicted molar refractivity (Wildman–Crippen MR) is 86.1 cm³/mol. The van der Waals surface area contributed by atoms with Crippen LogP contribution in [0.5, 0.6) is 5.75 Å². The van der Waals surface area contributed by atoms with Crippen LogP contribution in [0.3, 0.4) is 0 Å². The molecule has 3 nitrogen and oxygen atoms in total. The summed E-state index contributed by atoms with van der Waals surface area (Å²) in [6, 6.07) is 15.9. The van der Waals surface area contributed by atoms with Crippen molar-refractivity contribution in [2.45, 2.75) is 6.92 Å². The van der Waals surface area contributed by atoms with Gasteiger partial charge in [0.25, 0.3) is 0 Å². The average molecular weight is 282 g/mol. The molecule has 1 heterocycles. The first-order valence-electron chi connectivity index (χ1n) is 6.33. The zero-order chi connectivity index (χ0) is 13.9. The molecule has 0 fully saturated rings. The van der Waals surface area contributed by atoms with Crippen molar-refractivity contribution in [3.63, 3.8) is 0 Å². The van der Waals surface area contributed by atoms with Crippen LogP contribution < -0.4 is 15.0 Å². The number of rotatable bonds is 1. The van der Waals surface area contributed by atoms with Crippen molar-refractivity contribution < 1.29 is 4.74 Å². The third-order valence-electron chi connectivity index (χ3n) is 3.05. The molecular weight excluding hydrogens is 268 g/mol. The van der Waals surface area contributed by atoms with Crippen molar-refractivity contribution in [1.82, 2.24) is 0 Å². The molecule has 3 rings (SSSR count). The second-order valence-corrected chi connectivity index (χ2v) is 4.92. The highest BCUT2D eigenvalue weighted by Gasteiger charge is 2.17. The van der Waals surface area contributed by atoms with Crippen LogP contribution >= 0.6 is 12.2 Å². The van der Waals surface area contributed by atoms with Gasteiger partial charge in [0.05, 0.1) is 5.69 Å². The van der Waals surface area contributed by atoms with Gasteiger partial charge in [0, 0.05) is 11.9 Å². The Morgan fingerprint density at radius 3 is 2.65 bits per heavy atom. The molecule has 20 heavy (non-hydrogen) atoms. The minimum absolute atomic E-state index is 0.612. The van der Waals surface area contributed by atoms with Gasteiger partial charge < -0.3 is 10.1 Å². The lowest BCUT2D eigenvalue weighted by Gasteiger charge is -2.26. The Bertz CT molecular complexity index is 664. The van der Waals surface area contributed by atoms with E-state index in [-0.39, 0.29) is 0 Å². The summed E-state index contributed by atoms with van der Waals surface area (Å²) in [7, 11) is 0. The molecule has 0 aliphatic carbocycles. The topological polar surface area (TPSA) is 24.5 Å². The van der Waals surface area contributed by atoms with Crippen molar-refractivity contribution in [1.29, 1.82) is 0 Å². The van der Waals surface area contributed by atoms with Crippen LogP contribution in [0.25, 0.3) is 0 Å². The lowest BCUT2D eigenvalue weighted by molar-refractivity contribution is 0.474. The Hall–Kier alpha value is -2.33. The van der Waals surface area contributed by atoms with Gasteiger partial charge in [-0.25, -0.2) is 0 Å². The lowest BCUT2D eigenvalue weighted by atomic mass is 10.2. The largest absolute Gasteiger partial charge is 0.461 e. The van der Waals surface area contributed by atoms with Crippen LogP contribution in [0, 0.1) is 6.92 Å². The van der Waals surface area contributed by atoms with Gasteiger partial charge in [-0.1, -0.05) is 29.8 Å². The third kappa shape index (κ3) is 2.51. The number of hydrogen-bond acceptors (Lipinski definition) is 2. The molecule has 0 spiro atoms. The number of aryl methyl sites for hydroxylation is 1. The van der Waals surface area contributed by atoms with E-state index >= 15 is 0 Å². The fraction of sp³-hybridized carbons (Fsp3) is 0.0625. The number of fused-ring (bicyclic) bond motifs is 1. The number of benzene rings is 2. The van der Waals surface area contributed by atoms with E-state index in [2.05, 4.69) is 12.2 Å². The normalized spacial score (nSPS) is 12.6. The zero-order valence-corrected chi connectivity index (χ0v) is 11.9. The SMILES string of the molecule is Cc1ccc(NC(=S)N2C=COc3ccccc32)cc1. The smallest absolute Gasteiger partial charge is 0.182 e.